The number of halogens is 2. The summed E-state index contributed by atoms with van der Waals surface area (Å²) in [6.07, 6.45) is 2.65. The first kappa shape index (κ1) is 13.5. The minimum absolute atomic E-state index is 0.0806. The van der Waals surface area contributed by atoms with Crippen LogP contribution in [-0.4, -0.2) is 0 Å². The molecule has 3 heteroatoms. The maximum atomic E-state index is 14.3. The Labute approximate surface area is 107 Å². The van der Waals surface area contributed by atoms with Crippen LogP contribution in [-0.2, 0) is 5.54 Å². The normalized spacial score (nSPS) is 32.6. The molecule has 1 aliphatic carbocycles. The lowest BCUT2D eigenvalue weighted by molar-refractivity contribution is 0.135. The van der Waals surface area contributed by atoms with Gasteiger partial charge in [-0.05, 0) is 36.8 Å². The molecule has 0 amide bonds. The van der Waals surface area contributed by atoms with Gasteiger partial charge < -0.3 is 5.73 Å². The maximum absolute atomic E-state index is 14.3. The highest BCUT2D eigenvalue weighted by Crippen LogP contribution is 2.44. The van der Waals surface area contributed by atoms with Crippen LogP contribution in [0.15, 0.2) is 12.1 Å². The van der Waals surface area contributed by atoms with Gasteiger partial charge in [0, 0.05) is 11.1 Å². The Hall–Kier alpha value is -0.960. The predicted octanol–water partition coefficient (Wildman–Crippen LogP) is 3.88. The molecule has 0 heterocycles. The molecule has 1 fully saturated rings. The van der Waals surface area contributed by atoms with Crippen LogP contribution >= 0.6 is 0 Å². The molecule has 0 aromatic heterocycles. The molecular formula is C15H21F2N. The van der Waals surface area contributed by atoms with Gasteiger partial charge >= 0.3 is 0 Å². The molecule has 0 radical (unpaired) electrons. The van der Waals surface area contributed by atoms with E-state index in [9.17, 15) is 8.78 Å². The van der Waals surface area contributed by atoms with Crippen molar-refractivity contribution < 1.29 is 8.78 Å². The van der Waals surface area contributed by atoms with Crippen LogP contribution < -0.4 is 5.73 Å². The maximum Gasteiger partial charge on any atom is 0.134 e. The fraction of sp³-hybridized carbons (Fsp3) is 0.600. The van der Waals surface area contributed by atoms with Crippen molar-refractivity contribution in [3.8, 4) is 0 Å². The Morgan fingerprint density at radius 3 is 2.61 bits per heavy atom. The van der Waals surface area contributed by atoms with Gasteiger partial charge in [-0.1, -0.05) is 32.8 Å². The van der Waals surface area contributed by atoms with E-state index in [1.807, 2.05) is 6.92 Å². The highest BCUT2D eigenvalue weighted by molar-refractivity contribution is 5.33. The lowest BCUT2D eigenvalue weighted by atomic mass is 9.65. The molecule has 1 aliphatic rings. The molecule has 1 aromatic carbocycles. The average molecular weight is 253 g/mol. The van der Waals surface area contributed by atoms with Gasteiger partial charge in [-0.2, -0.15) is 0 Å². The summed E-state index contributed by atoms with van der Waals surface area (Å²) >= 11 is 0. The molecule has 1 saturated carbocycles. The summed E-state index contributed by atoms with van der Waals surface area (Å²) < 4.78 is 28.3. The van der Waals surface area contributed by atoms with Crippen LogP contribution in [0.2, 0.25) is 0 Å². The Morgan fingerprint density at radius 2 is 1.94 bits per heavy atom. The molecule has 1 nitrogen and oxygen atoms in total. The van der Waals surface area contributed by atoms with E-state index in [0.717, 1.165) is 12.8 Å². The molecule has 18 heavy (non-hydrogen) atoms. The van der Waals surface area contributed by atoms with Crippen molar-refractivity contribution in [3.05, 3.63) is 34.9 Å². The van der Waals surface area contributed by atoms with E-state index >= 15 is 0 Å². The number of nitrogens with two attached hydrogens (primary N) is 1. The zero-order valence-electron chi connectivity index (χ0n) is 11.3. The zero-order chi connectivity index (χ0) is 13.5. The molecule has 3 unspecified atom stereocenters. The summed E-state index contributed by atoms with van der Waals surface area (Å²) in [4.78, 5) is 0. The second-order valence-electron chi connectivity index (χ2n) is 5.75. The van der Waals surface area contributed by atoms with Crippen molar-refractivity contribution in [2.45, 2.75) is 45.6 Å². The first-order valence-electron chi connectivity index (χ1n) is 6.62. The van der Waals surface area contributed by atoms with E-state index in [2.05, 4.69) is 6.92 Å². The molecule has 100 valence electrons. The molecule has 0 aliphatic heterocycles. The van der Waals surface area contributed by atoms with Gasteiger partial charge in [0.25, 0.3) is 0 Å². The smallest absolute Gasteiger partial charge is 0.134 e. The topological polar surface area (TPSA) is 26.0 Å². The number of hydrogen-bond donors (Lipinski definition) is 1. The molecular weight excluding hydrogens is 232 g/mol. The van der Waals surface area contributed by atoms with Gasteiger partial charge in [-0.15, -0.1) is 0 Å². The molecule has 0 bridgehead atoms. The minimum Gasteiger partial charge on any atom is -0.321 e. The van der Waals surface area contributed by atoms with Crippen molar-refractivity contribution >= 4 is 0 Å². The summed E-state index contributed by atoms with van der Waals surface area (Å²) in [7, 11) is 0. The van der Waals surface area contributed by atoms with Crippen molar-refractivity contribution in [1.29, 1.82) is 0 Å². The standard InChI is InChI=1S/C15H21F2N/c1-9-5-4-8-15(18,11(9)3)13-12(16)7-6-10(2)14(13)17/h6-7,9,11H,4-5,8,18H2,1-3H3. The number of rotatable bonds is 1. The van der Waals surface area contributed by atoms with Gasteiger partial charge in [0.05, 0.1) is 0 Å². The van der Waals surface area contributed by atoms with E-state index in [1.54, 1.807) is 6.92 Å². The second-order valence-corrected chi connectivity index (χ2v) is 5.75. The number of aryl methyl sites for hydroxylation is 1. The third kappa shape index (κ3) is 1.95. The Morgan fingerprint density at radius 1 is 1.28 bits per heavy atom. The van der Waals surface area contributed by atoms with Crippen molar-refractivity contribution in [1.82, 2.24) is 0 Å². The minimum atomic E-state index is -0.877. The van der Waals surface area contributed by atoms with Crippen LogP contribution in [0.25, 0.3) is 0 Å². The van der Waals surface area contributed by atoms with Gasteiger partial charge in [-0.25, -0.2) is 8.78 Å². The van der Waals surface area contributed by atoms with Crippen molar-refractivity contribution in [2.75, 3.05) is 0 Å². The van der Waals surface area contributed by atoms with Gasteiger partial charge in [-0.3, -0.25) is 0 Å². The molecule has 3 atom stereocenters. The largest absolute Gasteiger partial charge is 0.321 e. The first-order valence-corrected chi connectivity index (χ1v) is 6.62. The fourth-order valence-corrected chi connectivity index (χ4v) is 3.14. The second kappa shape index (κ2) is 4.61. The quantitative estimate of drug-likeness (QED) is 0.807. The fourth-order valence-electron chi connectivity index (χ4n) is 3.14. The third-order valence-corrected chi connectivity index (χ3v) is 4.67. The Bertz CT molecular complexity index is 458. The molecule has 0 spiro atoms. The average Bonchev–Trinajstić information content (AvgIpc) is 2.31. The highest BCUT2D eigenvalue weighted by Gasteiger charge is 2.43. The third-order valence-electron chi connectivity index (χ3n) is 4.67. The van der Waals surface area contributed by atoms with E-state index in [1.165, 1.54) is 12.1 Å². The molecule has 1 aromatic rings. The SMILES string of the molecule is Cc1ccc(F)c(C2(N)CCCC(C)C2C)c1F. The van der Waals surface area contributed by atoms with Gasteiger partial charge in [0.15, 0.2) is 0 Å². The Kier molecular flexibility index (Phi) is 3.45. The number of hydrogen-bond acceptors (Lipinski definition) is 1. The van der Waals surface area contributed by atoms with E-state index in [0.29, 0.717) is 17.9 Å². The zero-order valence-corrected chi connectivity index (χ0v) is 11.3. The van der Waals surface area contributed by atoms with E-state index in [-0.39, 0.29) is 11.5 Å². The van der Waals surface area contributed by atoms with Crippen LogP contribution in [0.4, 0.5) is 8.78 Å². The number of benzene rings is 1. The van der Waals surface area contributed by atoms with Crippen molar-refractivity contribution in [3.63, 3.8) is 0 Å². The van der Waals surface area contributed by atoms with Crippen LogP contribution in [0.3, 0.4) is 0 Å². The monoisotopic (exact) mass is 253 g/mol. The van der Waals surface area contributed by atoms with Gasteiger partial charge in [0.2, 0.25) is 0 Å². The summed E-state index contributed by atoms with van der Waals surface area (Å²) in [5.74, 6) is -0.514. The van der Waals surface area contributed by atoms with Crippen LogP contribution in [0.5, 0.6) is 0 Å². The Balaban J connectivity index is 2.56. The van der Waals surface area contributed by atoms with Crippen molar-refractivity contribution in [2.24, 2.45) is 17.6 Å². The van der Waals surface area contributed by atoms with Crippen LogP contribution in [0, 0.1) is 30.4 Å². The summed E-state index contributed by atoms with van der Waals surface area (Å²) in [6, 6.07) is 2.79. The molecule has 0 saturated heterocycles. The molecule has 2 rings (SSSR count). The van der Waals surface area contributed by atoms with Crippen LogP contribution in [0.1, 0.15) is 44.2 Å². The first-order chi connectivity index (χ1) is 8.38. The predicted molar refractivity (Wildman–Crippen MR) is 69.1 cm³/mol. The summed E-state index contributed by atoms with van der Waals surface area (Å²) in [5, 5.41) is 0. The lowest BCUT2D eigenvalue weighted by Crippen LogP contribution is -2.49. The van der Waals surface area contributed by atoms with E-state index in [4.69, 9.17) is 5.73 Å². The van der Waals surface area contributed by atoms with E-state index < -0.39 is 17.2 Å². The summed E-state index contributed by atoms with van der Waals surface area (Å²) in [5.41, 5.74) is 6.07. The molecule has 2 N–H and O–H groups in total. The highest BCUT2D eigenvalue weighted by atomic mass is 19.1. The van der Waals surface area contributed by atoms with Gasteiger partial charge in [0.1, 0.15) is 11.6 Å². The lowest BCUT2D eigenvalue weighted by Gasteiger charge is -2.44. The summed E-state index contributed by atoms with van der Waals surface area (Å²) in [6.45, 7) is 5.76.